The molecular formula is C13H17N5O2. The van der Waals surface area contributed by atoms with Crippen LogP contribution in [0.25, 0.3) is 5.69 Å². The van der Waals surface area contributed by atoms with Crippen LogP contribution < -0.4 is 10.1 Å². The summed E-state index contributed by atoms with van der Waals surface area (Å²) in [5.74, 6) is 1.34. The highest BCUT2D eigenvalue weighted by molar-refractivity contribution is 5.75. The van der Waals surface area contributed by atoms with Crippen molar-refractivity contribution in [1.29, 1.82) is 0 Å². The number of ether oxygens (including phenoxy) is 1. The molecule has 0 fully saturated rings. The summed E-state index contributed by atoms with van der Waals surface area (Å²) in [4.78, 5) is 11.3. The molecule has 0 bridgehead atoms. The first-order chi connectivity index (χ1) is 9.74. The second-order valence-corrected chi connectivity index (χ2v) is 4.06. The fourth-order valence-corrected chi connectivity index (χ4v) is 1.67. The van der Waals surface area contributed by atoms with Crippen LogP contribution >= 0.6 is 0 Å². The van der Waals surface area contributed by atoms with Gasteiger partial charge in [-0.3, -0.25) is 4.79 Å². The fraction of sp³-hybridized carbons (Fsp3) is 0.385. The molecule has 106 valence electrons. The summed E-state index contributed by atoms with van der Waals surface area (Å²) in [7, 11) is 0. The van der Waals surface area contributed by atoms with E-state index in [2.05, 4.69) is 20.8 Å². The van der Waals surface area contributed by atoms with Crippen molar-refractivity contribution in [3.05, 3.63) is 30.1 Å². The van der Waals surface area contributed by atoms with Crippen molar-refractivity contribution in [2.75, 3.05) is 6.61 Å². The van der Waals surface area contributed by atoms with Crippen molar-refractivity contribution >= 4 is 5.91 Å². The second-order valence-electron chi connectivity index (χ2n) is 4.06. The van der Waals surface area contributed by atoms with Crippen LogP contribution in [0.15, 0.2) is 24.3 Å². The standard InChI is InChI=1S/C13H17N5O2/c1-3-13(19)14-9-12-15-16-17-18(12)10-5-7-11(8-6-10)20-4-2/h5-8H,3-4,9H2,1-2H3,(H,14,19). The number of tetrazole rings is 1. The number of aromatic nitrogens is 4. The molecule has 7 heteroatoms. The minimum atomic E-state index is -0.0359. The van der Waals surface area contributed by atoms with Crippen LogP contribution in [0.5, 0.6) is 5.75 Å². The third-order valence-electron chi connectivity index (χ3n) is 2.69. The Morgan fingerprint density at radius 3 is 2.70 bits per heavy atom. The normalized spacial score (nSPS) is 10.3. The Morgan fingerprint density at radius 2 is 2.05 bits per heavy atom. The van der Waals surface area contributed by atoms with Gasteiger partial charge in [0.05, 0.1) is 18.8 Å². The SMILES string of the molecule is CCOc1ccc(-n2nnnc2CNC(=O)CC)cc1. The Labute approximate surface area is 116 Å². The molecule has 1 aromatic carbocycles. The van der Waals surface area contributed by atoms with Gasteiger partial charge in [0.15, 0.2) is 5.82 Å². The van der Waals surface area contributed by atoms with Crippen LogP contribution in [0.4, 0.5) is 0 Å². The molecule has 0 saturated heterocycles. The number of benzene rings is 1. The number of hydrogen-bond acceptors (Lipinski definition) is 5. The van der Waals surface area contributed by atoms with Crippen LogP contribution in [0.2, 0.25) is 0 Å². The fourth-order valence-electron chi connectivity index (χ4n) is 1.67. The molecule has 0 radical (unpaired) electrons. The highest BCUT2D eigenvalue weighted by atomic mass is 16.5. The van der Waals surface area contributed by atoms with Crippen molar-refractivity contribution in [1.82, 2.24) is 25.5 Å². The molecule has 0 aliphatic heterocycles. The Morgan fingerprint density at radius 1 is 1.30 bits per heavy atom. The van der Waals surface area contributed by atoms with Crippen LogP contribution in [0.3, 0.4) is 0 Å². The summed E-state index contributed by atoms with van der Waals surface area (Å²) in [6, 6.07) is 7.45. The lowest BCUT2D eigenvalue weighted by molar-refractivity contribution is -0.120. The number of nitrogens with one attached hydrogen (secondary N) is 1. The van der Waals surface area contributed by atoms with E-state index >= 15 is 0 Å². The van der Waals surface area contributed by atoms with E-state index in [0.717, 1.165) is 11.4 Å². The lowest BCUT2D eigenvalue weighted by Crippen LogP contribution is -2.23. The van der Waals surface area contributed by atoms with Crippen LogP contribution in [-0.4, -0.2) is 32.7 Å². The zero-order chi connectivity index (χ0) is 14.4. The van der Waals surface area contributed by atoms with Crippen LogP contribution in [-0.2, 0) is 11.3 Å². The number of rotatable bonds is 6. The van der Waals surface area contributed by atoms with Gasteiger partial charge < -0.3 is 10.1 Å². The number of carbonyl (C=O) groups excluding carboxylic acids is 1. The summed E-state index contributed by atoms with van der Waals surface area (Å²) in [5, 5.41) is 14.2. The summed E-state index contributed by atoms with van der Waals surface area (Å²) < 4.78 is 6.97. The molecule has 20 heavy (non-hydrogen) atoms. The Kier molecular flexibility index (Phi) is 4.65. The molecule has 0 aliphatic rings. The lowest BCUT2D eigenvalue weighted by Gasteiger charge is -2.07. The number of carbonyl (C=O) groups is 1. The van der Waals surface area contributed by atoms with E-state index in [9.17, 15) is 4.79 Å². The molecule has 1 N–H and O–H groups in total. The zero-order valence-corrected chi connectivity index (χ0v) is 11.5. The highest BCUT2D eigenvalue weighted by Gasteiger charge is 2.09. The molecule has 0 saturated carbocycles. The Balaban J connectivity index is 2.12. The van der Waals surface area contributed by atoms with E-state index < -0.39 is 0 Å². The Bertz CT molecular complexity index is 564. The van der Waals surface area contributed by atoms with Gasteiger partial charge in [-0.15, -0.1) is 5.10 Å². The van der Waals surface area contributed by atoms with Crippen LogP contribution in [0, 0.1) is 0 Å². The van der Waals surface area contributed by atoms with E-state index in [-0.39, 0.29) is 5.91 Å². The van der Waals surface area contributed by atoms with Gasteiger partial charge in [-0.05, 0) is 41.6 Å². The van der Waals surface area contributed by atoms with Gasteiger partial charge >= 0.3 is 0 Å². The van der Waals surface area contributed by atoms with E-state index in [0.29, 0.717) is 25.4 Å². The first-order valence-corrected chi connectivity index (χ1v) is 6.51. The molecule has 0 aliphatic carbocycles. The monoisotopic (exact) mass is 275 g/mol. The maximum atomic E-state index is 11.3. The van der Waals surface area contributed by atoms with Gasteiger partial charge in [0.25, 0.3) is 0 Å². The van der Waals surface area contributed by atoms with Crippen molar-refractivity contribution < 1.29 is 9.53 Å². The molecule has 1 heterocycles. The first kappa shape index (κ1) is 14.0. The van der Waals surface area contributed by atoms with Gasteiger partial charge in [0.2, 0.25) is 5.91 Å². The maximum absolute atomic E-state index is 11.3. The van der Waals surface area contributed by atoms with E-state index in [1.54, 1.807) is 11.6 Å². The predicted molar refractivity (Wildman–Crippen MR) is 72.5 cm³/mol. The summed E-state index contributed by atoms with van der Waals surface area (Å²) in [6.07, 6.45) is 0.435. The van der Waals surface area contributed by atoms with E-state index in [1.807, 2.05) is 31.2 Å². The molecule has 7 nitrogen and oxygen atoms in total. The van der Waals surface area contributed by atoms with Gasteiger partial charge in [-0.1, -0.05) is 6.92 Å². The van der Waals surface area contributed by atoms with Crippen LogP contribution in [0.1, 0.15) is 26.1 Å². The highest BCUT2D eigenvalue weighted by Crippen LogP contribution is 2.15. The van der Waals surface area contributed by atoms with Gasteiger partial charge in [0, 0.05) is 6.42 Å². The molecule has 1 amide bonds. The third kappa shape index (κ3) is 3.31. The number of hydrogen-bond donors (Lipinski definition) is 1. The molecule has 2 aromatic rings. The van der Waals surface area contributed by atoms with E-state index in [1.165, 1.54) is 0 Å². The van der Waals surface area contributed by atoms with E-state index in [4.69, 9.17) is 4.74 Å². The quantitative estimate of drug-likeness (QED) is 0.853. The molecular weight excluding hydrogens is 258 g/mol. The van der Waals surface area contributed by atoms with Crippen molar-refractivity contribution in [3.63, 3.8) is 0 Å². The summed E-state index contributed by atoms with van der Waals surface area (Å²) in [5.41, 5.74) is 0.819. The average molecular weight is 275 g/mol. The maximum Gasteiger partial charge on any atom is 0.220 e. The summed E-state index contributed by atoms with van der Waals surface area (Å²) in [6.45, 7) is 4.65. The van der Waals surface area contributed by atoms with Crippen molar-refractivity contribution in [2.45, 2.75) is 26.8 Å². The van der Waals surface area contributed by atoms with Gasteiger partial charge in [0.1, 0.15) is 5.75 Å². The number of nitrogens with zero attached hydrogens (tertiary/aromatic N) is 4. The molecule has 2 rings (SSSR count). The predicted octanol–water partition coefficient (Wildman–Crippen LogP) is 1.09. The minimum Gasteiger partial charge on any atom is -0.494 e. The van der Waals surface area contributed by atoms with Crippen molar-refractivity contribution in [3.8, 4) is 11.4 Å². The first-order valence-electron chi connectivity index (χ1n) is 6.51. The summed E-state index contributed by atoms with van der Waals surface area (Å²) >= 11 is 0. The van der Waals surface area contributed by atoms with Gasteiger partial charge in [-0.2, -0.15) is 4.68 Å². The topological polar surface area (TPSA) is 81.9 Å². The molecule has 0 spiro atoms. The molecule has 1 aromatic heterocycles. The third-order valence-corrected chi connectivity index (χ3v) is 2.69. The molecule has 0 unspecified atom stereocenters. The zero-order valence-electron chi connectivity index (χ0n) is 11.5. The molecule has 0 atom stereocenters. The number of amides is 1. The lowest BCUT2D eigenvalue weighted by atomic mass is 10.3. The second kappa shape index (κ2) is 6.65. The Hall–Kier alpha value is -2.44. The average Bonchev–Trinajstić information content (AvgIpc) is 2.94. The smallest absolute Gasteiger partial charge is 0.220 e. The van der Waals surface area contributed by atoms with Gasteiger partial charge in [-0.25, -0.2) is 0 Å². The largest absolute Gasteiger partial charge is 0.494 e. The minimum absolute atomic E-state index is 0.0359. The van der Waals surface area contributed by atoms with Crippen molar-refractivity contribution in [2.24, 2.45) is 0 Å².